The fourth-order valence-corrected chi connectivity index (χ4v) is 4.34. The largest absolute Gasteiger partial charge is 0.392 e. The maximum absolute atomic E-state index is 12.7. The fourth-order valence-electron chi connectivity index (χ4n) is 4.34. The highest BCUT2D eigenvalue weighted by molar-refractivity contribution is 6.24. The number of aliphatic hydroxyl groups excluding tert-OH is 1. The molecule has 0 saturated carbocycles. The minimum absolute atomic E-state index is 0.00845. The molecule has 0 amide bonds. The molecule has 0 radical (unpaired) electrons. The Morgan fingerprint density at radius 1 is 1.16 bits per heavy atom. The molecule has 0 atom stereocenters. The van der Waals surface area contributed by atoms with Crippen molar-refractivity contribution in [3.63, 3.8) is 0 Å². The van der Waals surface area contributed by atoms with Gasteiger partial charge in [-0.3, -0.25) is 4.79 Å². The van der Waals surface area contributed by atoms with Gasteiger partial charge in [0.05, 0.1) is 23.2 Å². The van der Waals surface area contributed by atoms with E-state index in [2.05, 4.69) is 22.0 Å². The highest BCUT2D eigenvalue weighted by Crippen LogP contribution is 2.30. The Labute approximate surface area is 181 Å². The van der Waals surface area contributed by atoms with Gasteiger partial charge in [0.2, 0.25) is 0 Å². The summed E-state index contributed by atoms with van der Waals surface area (Å²) < 4.78 is 0. The molecular weight excluding hydrogens is 388 g/mol. The number of ketones is 1. The van der Waals surface area contributed by atoms with Gasteiger partial charge in [0, 0.05) is 31.2 Å². The van der Waals surface area contributed by atoms with Crippen LogP contribution in [0.2, 0.25) is 0 Å². The molecule has 0 spiro atoms. The second kappa shape index (κ2) is 8.13. The second-order valence-corrected chi connectivity index (χ2v) is 8.31. The van der Waals surface area contributed by atoms with E-state index in [0.29, 0.717) is 23.9 Å². The predicted molar refractivity (Wildman–Crippen MR) is 123 cm³/mol. The van der Waals surface area contributed by atoms with Gasteiger partial charge in [-0.1, -0.05) is 24.3 Å². The average Bonchev–Trinajstić information content (AvgIpc) is 3.23. The molecule has 3 aromatic rings. The molecule has 1 aromatic heterocycles. The molecular formula is C25H26N4O2. The van der Waals surface area contributed by atoms with Crippen LogP contribution in [0.15, 0.2) is 54.6 Å². The number of aromatic amines is 1. The molecule has 2 aliphatic rings. The van der Waals surface area contributed by atoms with Gasteiger partial charge in [-0.05, 0) is 59.9 Å². The zero-order valence-corrected chi connectivity index (χ0v) is 17.3. The van der Waals surface area contributed by atoms with Gasteiger partial charge in [-0.25, -0.2) is 4.98 Å². The Kier molecular flexibility index (Phi) is 5.18. The minimum Gasteiger partial charge on any atom is -0.392 e. The highest BCUT2D eigenvalue weighted by Gasteiger charge is 2.21. The fraction of sp³-hybridized carbons (Fsp3) is 0.280. The van der Waals surface area contributed by atoms with Crippen molar-refractivity contribution >= 4 is 33.7 Å². The first-order valence-corrected chi connectivity index (χ1v) is 10.8. The Bertz CT molecular complexity index is 1200. The molecule has 6 nitrogen and oxygen atoms in total. The molecule has 0 unspecified atom stereocenters. The summed E-state index contributed by atoms with van der Waals surface area (Å²) in [6.07, 6.45) is 6.17. The van der Waals surface area contributed by atoms with Crippen LogP contribution in [-0.4, -0.2) is 40.0 Å². The molecule has 2 aromatic carbocycles. The van der Waals surface area contributed by atoms with Crippen molar-refractivity contribution in [3.05, 3.63) is 71.6 Å². The van der Waals surface area contributed by atoms with Crippen LogP contribution in [0.25, 0.3) is 22.2 Å². The summed E-state index contributed by atoms with van der Waals surface area (Å²) >= 11 is 0. The van der Waals surface area contributed by atoms with Crippen LogP contribution in [0.3, 0.4) is 0 Å². The van der Waals surface area contributed by atoms with Crippen LogP contribution in [-0.2, 0) is 11.4 Å². The minimum atomic E-state index is -0.00845. The van der Waals surface area contributed by atoms with E-state index in [1.807, 2.05) is 42.5 Å². The summed E-state index contributed by atoms with van der Waals surface area (Å²) in [5.74, 6) is 0.646. The second-order valence-electron chi connectivity index (χ2n) is 8.31. The van der Waals surface area contributed by atoms with Gasteiger partial charge in [-0.15, -0.1) is 0 Å². The summed E-state index contributed by atoms with van der Waals surface area (Å²) in [7, 11) is 0. The predicted octanol–water partition coefficient (Wildman–Crippen LogP) is 3.42. The number of Topliss-reactive ketones (excluding diaryl/α,β-unsaturated/α-hetero) is 1. The molecule has 1 saturated heterocycles. The summed E-state index contributed by atoms with van der Waals surface area (Å²) in [5.41, 5.74) is 12.4. The van der Waals surface area contributed by atoms with E-state index < -0.39 is 0 Å². The van der Waals surface area contributed by atoms with Crippen molar-refractivity contribution in [1.82, 2.24) is 9.97 Å². The van der Waals surface area contributed by atoms with Gasteiger partial charge in [-0.2, -0.15) is 0 Å². The topological polar surface area (TPSA) is 95.2 Å². The van der Waals surface area contributed by atoms with Gasteiger partial charge in [0.1, 0.15) is 5.82 Å². The summed E-state index contributed by atoms with van der Waals surface area (Å²) in [4.78, 5) is 23.1. The zero-order chi connectivity index (χ0) is 21.4. The third-order valence-electron chi connectivity index (χ3n) is 6.18. The van der Waals surface area contributed by atoms with Crippen molar-refractivity contribution in [2.45, 2.75) is 31.9 Å². The van der Waals surface area contributed by atoms with Crippen LogP contribution in [0.5, 0.6) is 0 Å². The van der Waals surface area contributed by atoms with E-state index in [-0.39, 0.29) is 12.4 Å². The lowest BCUT2D eigenvalue weighted by molar-refractivity contribution is -0.113. The first-order chi connectivity index (χ1) is 15.1. The SMILES string of the molecule is NC1CCN(c2ccc3nc(C4=CC(c5cccc(CO)c5)=CCC4=O)[nH]c3c2)CC1. The number of nitrogens with zero attached hydrogens (tertiary/aromatic N) is 2. The van der Waals surface area contributed by atoms with E-state index in [0.717, 1.165) is 59.4 Å². The number of benzene rings is 2. The number of hydrogen-bond acceptors (Lipinski definition) is 5. The lowest BCUT2D eigenvalue weighted by atomic mass is 9.92. The molecule has 31 heavy (non-hydrogen) atoms. The maximum Gasteiger partial charge on any atom is 0.170 e. The first-order valence-electron chi connectivity index (χ1n) is 10.8. The highest BCUT2D eigenvalue weighted by atomic mass is 16.3. The van der Waals surface area contributed by atoms with E-state index in [9.17, 15) is 9.90 Å². The Balaban J connectivity index is 1.46. The van der Waals surface area contributed by atoms with Crippen molar-refractivity contribution in [3.8, 4) is 0 Å². The lowest BCUT2D eigenvalue weighted by Gasteiger charge is -2.31. The van der Waals surface area contributed by atoms with Gasteiger partial charge >= 0.3 is 0 Å². The summed E-state index contributed by atoms with van der Waals surface area (Å²) in [6.45, 7) is 1.90. The molecule has 5 rings (SSSR count). The Morgan fingerprint density at radius 2 is 2.00 bits per heavy atom. The Morgan fingerprint density at radius 3 is 2.81 bits per heavy atom. The number of rotatable bonds is 4. The van der Waals surface area contributed by atoms with Crippen molar-refractivity contribution in [1.29, 1.82) is 0 Å². The van der Waals surface area contributed by atoms with Crippen molar-refractivity contribution in [2.75, 3.05) is 18.0 Å². The van der Waals surface area contributed by atoms with Gasteiger partial charge < -0.3 is 20.7 Å². The smallest absolute Gasteiger partial charge is 0.170 e. The van der Waals surface area contributed by atoms with E-state index >= 15 is 0 Å². The number of aromatic nitrogens is 2. The number of carbonyl (C=O) groups is 1. The van der Waals surface area contributed by atoms with Crippen molar-refractivity contribution < 1.29 is 9.90 Å². The number of nitrogens with one attached hydrogen (secondary N) is 1. The molecule has 1 aliphatic carbocycles. The number of anilines is 1. The number of aliphatic hydroxyl groups is 1. The monoisotopic (exact) mass is 414 g/mol. The number of H-pyrrole nitrogens is 1. The van der Waals surface area contributed by atoms with Crippen molar-refractivity contribution in [2.24, 2.45) is 5.73 Å². The van der Waals surface area contributed by atoms with E-state index in [1.165, 1.54) is 0 Å². The number of fused-ring (bicyclic) bond motifs is 1. The van der Waals surface area contributed by atoms with Gasteiger partial charge in [0.15, 0.2) is 5.78 Å². The molecule has 1 fully saturated rings. The number of allylic oxidation sites excluding steroid dienone is 4. The number of hydrogen-bond donors (Lipinski definition) is 3. The maximum atomic E-state index is 12.7. The van der Waals surface area contributed by atoms with E-state index in [4.69, 9.17) is 10.7 Å². The zero-order valence-electron chi connectivity index (χ0n) is 17.3. The van der Waals surface area contributed by atoms with Crippen LogP contribution < -0.4 is 10.6 Å². The number of carbonyl (C=O) groups excluding carboxylic acids is 1. The van der Waals surface area contributed by atoms with Crippen LogP contribution in [0, 0.1) is 0 Å². The summed E-state index contributed by atoms with van der Waals surface area (Å²) in [5, 5.41) is 9.43. The third kappa shape index (κ3) is 3.92. The number of piperidine rings is 1. The molecule has 4 N–H and O–H groups in total. The van der Waals surface area contributed by atoms with Crippen LogP contribution >= 0.6 is 0 Å². The lowest BCUT2D eigenvalue weighted by Crippen LogP contribution is -2.39. The normalized spacial score (nSPS) is 17.7. The number of nitrogens with two attached hydrogens (primary N) is 1. The molecule has 6 heteroatoms. The molecule has 2 heterocycles. The molecule has 158 valence electrons. The van der Waals surface area contributed by atoms with Gasteiger partial charge in [0.25, 0.3) is 0 Å². The molecule has 0 bridgehead atoms. The average molecular weight is 415 g/mol. The first kappa shape index (κ1) is 19.7. The van der Waals surface area contributed by atoms with E-state index in [1.54, 1.807) is 0 Å². The standard InChI is InChI=1S/C25H26N4O2/c26-19-8-10-29(11-9-19)20-5-6-22-23(14-20)28-25(27-22)21-13-18(4-7-24(21)31)17-3-1-2-16(12-17)15-30/h1-6,12-14,19,30H,7-11,15,26H2,(H,27,28). The number of imidazole rings is 1. The van der Waals surface area contributed by atoms with Crippen LogP contribution in [0.4, 0.5) is 5.69 Å². The van der Waals surface area contributed by atoms with Crippen LogP contribution in [0.1, 0.15) is 36.2 Å². The summed E-state index contributed by atoms with van der Waals surface area (Å²) in [6, 6.07) is 14.2. The molecule has 1 aliphatic heterocycles. The Hall–Kier alpha value is -3.22. The third-order valence-corrected chi connectivity index (χ3v) is 6.18. The quantitative estimate of drug-likeness (QED) is 0.608.